The minimum atomic E-state index is -3.96. The highest BCUT2D eigenvalue weighted by Gasteiger charge is 2.22. The number of carbonyl (C=O) groups is 1. The van der Waals surface area contributed by atoms with Crippen LogP contribution in [0, 0.1) is 0 Å². The van der Waals surface area contributed by atoms with Crippen molar-refractivity contribution in [1.82, 2.24) is 4.98 Å². The number of benzene rings is 1. The molecule has 20 heavy (non-hydrogen) atoms. The van der Waals surface area contributed by atoms with E-state index >= 15 is 0 Å². The van der Waals surface area contributed by atoms with E-state index in [1.54, 1.807) is 6.07 Å². The molecule has 0 aliphatic heterocycles. The van der Waals surface area contributed by atoms with Gasteiger partial charge in [-0.05, 0) is 12.1 Å². The number of sulfonamides is 1. The maximum absolute atomic E-state index is 12.2. The highest BCUT2D eigenvalue weighted by Crippen LogP contribution is 2.29. The fourth-order valence-corrected chi connectivity index (χ4v) is 4.14. The summed E-state index contributed by atoms with van der Waals surface area (Å²) >= 11 is 6.87. The average molecular weight is 332 g/mol. The van der Waals surface area contributed by atoms with Gasteiger partial charge in [0.25, 0.3) is 10.0 Å². The minimum absolute atomic E-state index is 0.0147. The van der Waals surface area contributed by atoms with Gasteiger partial charge in [-0.15, -0.1) is 11.3 Å². The van der Waals surface area contributed by atoms with Gasteiger partial charge < -0.3 is 5.73 Å². The Morgan fingerprint density at radius 1 is 1.45 bits per heavy atom. The SMILES string of the molecule is CC(=O)c1csc(NS(=O)(=O)c2c(N)cccc2Cl)n1. The molecule has 1 heterocycles. The van der Waals surface area contributed by atoms with Gasteiger partial charge in [0.2, 0.25) is 0 Å². The molecule has 2 aromatic rings. The predicted octanol–water partition coefficient (Wildman–Crippen LogP) is 2.38. The number of carbonyl (C=O) groups excluding carboxylic acids is 1. The molecule has 0 amide bonds. The number of nitrogen functional groups attached to an aromatic ring is 1. The number of aromatic nitrogens is 1. The van der Waals surface area contributed by atoms with Crippen LogP contribution in [0.5, 0.6) is 0 Å². The van der Waals surface area contributed by atoms with Gasteiger partial charge in [-0.2, -0.15) is 0 Å². The van der Waals surface area contributed by atoms with Crippen molar-refractivity contribution in [2.45, 2.75) is 11.8 Å². The van der Waals surface area contributed by atoms with E-state index in [0.717, 1.165) is 11.3 Å². The van der Waals surface area contributed by atoms with Crippen LogP contribution in [0.2, 0.25) is 5.02 Å². The second kappa shape index (κ2) is 5.39. The van der Waals surface area contributed by atoms with Crippen LogP contribution < -0.4 is 10.5 Å². The standard InChI is InChI=1S/C11H10ClN3O3S2/c1-6(16)9-5-19-11(14-9)15-20(17,18)10-7(12)3-2-4-8(10)13/h2-5H,13H2,1H3,(H,14,15). The molecule has 3 N–H and O–H groups in total. The summed E-state index contributed by atoms with van der Waals surface area (Å²) < 4.78 is 26.7. The molecule has 106 valence electrons. The van der Waals surface area contributed by atoms with E-state index in [9.17, 15) is 13.2 Å². The zero-order chi connectivity index (χ0) is 14.9. The summed E-state index contributed by atoms with van der Waals surface area (Å²) in [6.45, 7) is 1.35. The van der Waals surface area contributed by atoms with Gasteiger partial charge in [-0.1, -0.05) is 17.7 Å². The molecular formula is C11H10ClN3O3S2. The Hall–Kier alpha value is -1.64. The van der Waals surface area contributed by atoms with Crippen LogP contribution in [0.4, 0.5) is 10.8 Å². The Bertz CT molecular complexity index is 751. The lowest BCUT2D eigenvalue weighted by atomic mass is 10.3. The van der Waals surface area contributed by atoms with Crippen LogP contribution in [0.15, 0.2) is 28.5 Å². The molecule has 1 aromatic heterocycles. The Balaban J connectivity index is 2.38. The smallest absolute Gasteiger partial charge is 0.267 e. The molecule has 0 fully saturated rings. The normalized spacial score (nSPS) is 11.3. The number of rotatable bonds is 4. The molecular weight excluding hydrogens is 322 g/mol. The fraction of sp³-hybridized carbons (Fsp3) is 0.0909. The monoisotopic (exact) mass is 331 g/mol. The van der Waals surface area contributed by atoms with Crippen LogP contribution in [0.25, 0.3) is 0 Å². The first-order valence-corrected chi connectivity index (χ1v) is 8.08. The maximum Gasteiger partial charge on any atom is 0.267 e. The summed E-state index contributed by atoms with van der Waals surface area (Å²) in [7, 11) is -3.96. The molecule has 6 nitrogen and oxygen atoms in total. The summed E-state index contributed by atoms with van der Waals surface area (Å²) in [6, 6.07) is 4.41. The summed E-state index contributed by atoms with van der Waals surface area (Å²) in [4.78, 5) is 14.8. The molecule has 0 aliphatic carbocycles. The van der Waals surface area contributed by atoms with E-state index in [2.05, 4.69) is 9.71 Å². The van der Waals surface area contributed by atoms with Gasteiger partial charge in [-0.3, -0.25) is 9.52 Å². The largest absolute Gasteiger partial charge is 0.398 e. The zero-order valence-electron chi connectivity index (χ0n) is 10.3. The first-order valence-electron chi connectivity index (χ1n) is 5.34. The zero-order valence-corrected chi connectivity index (χ0v) is 12.6. The van der Waals surface area contributed by atoms with Crippen molar-refractivity contribution in [3.63, 3.8) is 0 Å². The summed E-state index contributed by atoms with van der Waals surface area (Å²) in [6.07, 6.45) is 0. The van der Waals surface area contributed by atoms with Gasteiger partial charge in [0.1, 0.15) is 10.6 Å². The highest BCUT2D eigenvalue weighted by atomic mass is 35.5. The molecule has 0 atom stereocenters. The highest BCUT2D eigenvalue weighted by molar-refractivity contribution is 7.93. The number of nitrogens with zero attached hydrogens (tertiary/aromatic N) is 1. The quantitative estimate of drug-likeness (QED) is 0.661. The number of hydrogen-bond donors (Lipinski definition) is 2. The molecule has 0 aliphatic rings. The van der Waals surface area contributed by atoms with Crippen LogP contribution >= 0.6 is 22.9 Å². The first kappa shape index (κ1) is 14.8. The second-order valence-electron chi connectivity index (χ2n) is 3.86. The van der Waals surface area contributed by atoms with Crippen molar-refractivity contribution in [3.8, 4) is 0 Å². The van der Waals surface area contributed by atoms with E-state index in [4.69, 9.17) is 17.3 Å². The lowest BCUT2D eigenvalue weighted by molar-refractivity contribution is 0.101. The molecule has 9 heteroatoms. The average Bonchev–Trinajstić information content (AvgIpc) is 2.76. The minimum Gasteiger partial charge on any atom is -0.398 e. The van der Waals surface area contributed by atoms with E-state index in [1.807, 2.05) is 0 Å². The molecule has 0 saturated heterocycles. The summed E-state index contributed by atoms with van der Waals surface area (Å²) in [5, 5.41) is 1.56. The second-order valence-corrected chi connectivity index (χ2v) is 6.74. The van der Waals surface area contributed by atoms with Gasteiger partial charge in [0.05, 0.1) is 10.7 Å². The summed E-state index contributed by atoms with van der Waals surface area (Å²) in [5.74, 6) is -0.246. The molecule has 0 radical (unpaired) electrons. The summed E-state index contributed by atoms with van der Waals surface area (Å²) in [5.41, 5.74) is 5.87. The number of thiazole rings is 1. The Labute approximate surface area is 124 Å². The molecule has 0 unspecified atom stereocenters. The van der Waals surface area contributed by atoms with Crippen molar-refractivity contribution in [2.24, 2.45) is 0 Å². The van der Waals surface area contributed by atoms with Crippen LogP contribution in [-0.4, -0.2) is 19.2 Å². The van der Waals surface area contributed by atoms with Crippen LogP contribution in [0.3, 0.4) is 0 Å². The van der Waals surface area contributed by atoms with Crippen molar-refractivity contribution >= 4 is 49.6 Å². The number of ketones is 1. The Kier molecular flexibility index (Phi) is 3.98. The number of nitrogens with one attached hydrogen (secondary N) is 1. The van der Waals surface area contributed by atoms with Crippen molar-refractivity contribution in [2.75, 3.05) is 10.5 Å². The lowest BCUT2D eigenvalue weighted by Gasteiger charge is -2.09. The van der Waals surface area contributed by atoms with Gasteiger partial charge in [0.15, 0.2) is 10.9 Å². The van der Waals surface area contributed by atoms with Gasteiger partial charge >= 0.3 is 0 Å². The van der Waals surface area contributed by atoms with E-state index in [-0.39, 0.29) is 32.2 Å². The third kappa shape index (κ3) is 2.92. The molecule has 0 bridgehead atoms. The number of nitrogens with two attached hydrogens (primary N) is 1. The number of halogens is 1. The van der Waals surface area contributed by atoms with Crippen molar-refractivity contribution in [1.29, 1.82) is 0 Å². The lowest BCUT2D eigenvalue weighted by Crippen LogP contribution is -2.15. The van der Waals surface area contributed by atoms with E-state index < -0.39 is 10.0 Å². The van der Waals surface area contributed by atoms with E-state index in [0.29, 0.717) is 0 Å². The van der Waals surface area contributed by atoms with Crippen LogP contribution in [-0.2, 0) is 10.0 Å². The fourth-order valence-electron chi connectivity index (χ4n) is 1.46. The molecule has 0 spiro atoms. The maximum atomic E-state index is 12.2. The van der Waals surface area contributed by atoms with Crippen LogP contribution in [0.1, 0.15) is 17.4 Å². The number of anilines is 2. The molecule has 0 saturated carbocycles. The third-order valence-electron chi connectivity index (χ3n) is 2.35. The van der Waals surface area contributed by atoms with Gasteiger partial charge in [-0.25, -0.2) is 13.4 Å². The first-order chi connectivity index (χ1) is 9.31. The Morgan fingerprint density at radius 2 is 2.15 bits per heavy atom. The molecule has 1 aromatic carbocycles. The van der Waals surface area contributed by atoms with Crippen molar-refractivity contribution in [3.05, 3.63) is 34.3 Å². The van der Waals surface area contributed by atoms with Gasteiger partial charge in [0, 0.05) is 12.3 Å². The topological polar surface area (TPSA) is 102 Å². The number of Topliss-reactive ketones (excluding diaryl/α,β-unsaturated/α-hetero) is 1. The molecule has 2 rings (SSSR count). The number of hydrogen-bond acceptors (Lipinski definition) is 6. The van der Waals surface area contributed by atoms with Crippen molar-refractivity contribution < 1.29 is 13.2 Å². The van der Waals surface area contributed by atoms with E-state index in [1.165, 1.54) is 24.4 Å². The Morgan fingerprint density at radius 3 is 2.70 bits per heavy atom. The third-order valence-corrected chi connectivity index (χ3v) is 5.12. The predicted molar refractivity (Wildman–Crippen MR) is 78.8 cm³/mol.